The molecule has 27 heavy (non-hydrogen) atoms. The van der Waals surface area contributed by atoms with Gasteiger partial charge in [-0.25, -0.2) is 0 Å². The molecule has 0 saturated carbocycles. The maximum Gasteiger partial charge on any atom is 0.228 e. The molecule has 1 amide bonds. The monoisotopic (exact) mass is 364 g/mol. The van der Waals surface area contributed by atoms with E-state index in [4.69, 9.17) is 4.74 Å². The molecule has 0 radical (unpaired) electrons. The maximum absolute atomic E-state index is 13.2. The molecule has 1 aliphatic carbocycles. The molecule has 0 heterocycles. The van der Waals surface area contributed by atoms with Gasteiger partial charge in [0, 0.05) is 30.8 Å². The van der Waals surface area contributed by atoms with Crippen LogP contribution in [0.15, 0.2) is 59.9 Å². The number of rotatable bonds is 5. The van der Waals surface area contributed by atoms with Crippen LogP contribution >= 0.6 is 0 Å². The molecule has 138 valence electrons. The van der Waals surface area contributed by atoms with E-state index >= 15 is 0 Å². The standard InChI is InChI=1S/C21H20N2O4/c1-4-27-15-11-9-14(10-12-15)23(13(2)24)19-18(22-3)20(25)16-7-5-6-8-17(16)21(19)26/h5-12,22H,4H2,1-3H3. The van der Waals surface area contributed by atoms with E-state index in [0.717, 1.165) is 0 Å². The average molecular weight is 364 g/mol. The van der Waals surface area contributed by atoms with E-state index < -0.39 is 0 Å². The minimum Gasteiger partial charge on any atom is -0.494 e. The Hall–Kier alpha value is -3.41. The molecule has 0 fully saturated rings. The summed E-state index contributed by atoms with van der Waals surface area (Å²) in [6, 6.07) is 13.4. The van der Waals surface area contributed by atoms with E-state index in [9.17, 15) is 14.4 Å². The molecular weight excluding hydrogens is 344 g/mol. The zero-order valence-corrected chi connectivity index (χ0v) is 15.4. The number of ether oxygens (including phenoxy) is 1. The number of Topliss-reactive ketones (excluding diaryl/α,β-unsaturated/α-hetero) is 2. The Morgan fingerprint density at radius 3 is 2.11 bits per heavy atom. The number of carbonyl (C=O) groups excluding carboxylic acids is 3. The molecule has 0 aromatic heterocycles. The summed E-state index contributed by atoms with van der Waals surface area (Å²) in [5.41, 5.74) is 1.22. The van der Waals surface area contributed by atoms with Crippen molar-refractivity contribution in [1.29, 1.82) is 0 Å². The van der Waals surface area contributed by atoms with Crippen molar-refractivity contribution in [3.63, 3.8) is 0 Å². The van der Waals surface area contributed by atoms with Crippen molar-refractivity contribution < 1.29 is 19.1 Å². The molecule has 0 unspecified atom stereocenters. The Morgan fingerprint density at radius 1 is 1.00 bits per heavy atom. The van der Waals surface area contributed by atoms with Gasteiger partial charge in [0.15, 0.2) is 0 Å². The predicted octanol–water partition coefficient (Wildman–Crippen LogP) is 2.95. The fraction of sp³-hybridized carbons (Fsp3) is 0.190. The number of allylic oxidation sites excluding steroid dienone is 2. The van der Waals surface area contributed by atoms with Crippen molar-refractivity contribution in [3.8, 4) is 5.75 Å². The minimum absolute atomic E-state index is 0.0258. The topological polar surface area (TPSA) is 75.7 Å². The van der Waals surface area contributed by atoms with Crippen LogP contribution in [-0.2, 0) is 4.79 Å². The molecule has 6 heteroatoms. The fourth-order valence-corrected chi connectivity index (χ4v) is 3.13. The highest BCUT2D eigenvalue weighted by Gasteiger charge is 2.36. The number of likely N-dealkylation sites (N-methyl/N-ethyl adjacent to an activating group) is 1. The second kappa shape index (κ2) is 7.45. The number of anilines is 1. The SMILES string of the molecule is CCOc1ccc(N(C(C)=O)C2=C(NC)C(=O)c3ccccc3C2=O)cc1. The van der Waals surface area contributed by atoms with Gasteiger partial charge in [-0.15, -0.1) is 0 Å². The quantitative estimate of drug-likeness (QED) is 0.883. The van der Waals surface area contributed by atoms with Crippen molar-refractivity contribution in [1.82, 2.24) is 5.32 Å². The highest BCUT2D eigenvalue weighted by molar-refractivity contribution is 6.29. The number of nitrogens with zero attached hydrogens (tertiary/aromatic N) is 1. The second-order valence-corrected chi connectivity index (χ2v) is 5.96. The van der Waals surface area contributed by atoms with Crippen LogP contribution in [0.1, 0.15) is 34.6 Å². The Labute approximate surface area is 157 Å². The van der Waals surface area contributed by atoms with E-state index in [1.807, 2.05) is 6.92 Å². The van der Waals surface area contributed by atoms with Crippen molar-refractivity contribution >= 4 is 23.2 Å². The number of benzene rings is 2. The zero-order chi connectivity index (χ0) is 19.6. The first-order chi connectivity index (χ1) is 13.0. The minimum atomic E-state index is -0.376. The van der Waals surface area contributed by atoms with Crippen LogP contribution in [0, 0.1) is 0 Å². The number of amides is 1. The van der Waals surface area contributed by atoms with Crippen LogP contribution in [0.5, 0.6) is 5.75 Å². The van der Waals surface area contributed by atoms with Crippen LogP contribution < -0.4 is 15.0 Å². The van der Waals surface area contributed by atoms with Crippen LogP contribution in [0.4, 0.5) is 5.69 Å². The summed E-state index contributed by atoms with van der Waals surface area (Å²) in [5.74, 6) is -0.412. The molecular formula is C21H20N2O4. The fourth-order valence-electron chi connectivity index (χ4n) is 3.13. The molecule has 6 nitrogen and oxygen atoms in total. The Balaban J connectivity index is 2.15. The van der Waals surface area contributed by atoms with Crippen LogP contribution in [0.3, 0.4) is 0 Å². The number of fused-ring (bicyclic) bond motifs is 1. The summed E-state index contributed by atoms with van der Waals surface area (Å²) in [7, 11) is 1.56. The Bertz CT molecular complexity index is 945. The van der Waals surface area contributed by atoms with Crippen molar-refractivity contribution in [2.75, 3.05) is 18.6 Å². The molecule has 3 rings (SSSR count). The summed E-state index contributed by atoms with van der Waals surface area (Å²) < 4.78 is 5.42. The molecule has 1 aliphatic rings. The van der Waals surface area contributed by atoms with Gasteiger partial charge in [0.05, 0.1) is 6.61 Å². The first-order valence-corrected chi connectivity index (χ1v) is 8.63. The highest BCUT2D eigenvalue weighted by Crippen LogP contribution is 2.31. The van der Waals surface area contributed by atoms with Gasteiger partial charge in [0.2, 0.25) is 17.5 Å². The Kier molecular flexibility index (Phi) is 5.07. The predicted molar refractivity (Wildman–Crippen MR) is 102 cm³/mol. The van der Waals surface area contributed by atoms with Gasteiger partial charge in [0.1, 0.15) is 17.1 Å². The second-order valence-electron chi connectivity index (χ2n) is 5.96. The van der Waals surface area contributed by atoms with Crippen LogP contribution in [0.25, 0.3) is 0 Å². The third kappa shape index (κ3) is 3.21. The van der Waals surface area contributed by atoms with E-state index in [0.29, 0.717) is 23.6 Å². The van der Waals surface area contributed by atoms with Gasteiger partial charge in [-0.2, -0.15) is 0 Å². The molecule has 0 atom stereocenters. The maximum atomic E-state index is 13.2. The molecule has 0 aliphatic heterocycles. The van der Waals surface area contributed by atoms with Crippen molar-refractivity contribution in [3.05, 3.63) is 71.1 Å². The number of hydrogen-bond acceptors (Lipinski definition) is 5. The first kappa shape index (κ1) is 18.4. The van der Waals surface area contributed by atoms with E-state index in [1.165, 1.54) is 11.8 Å². The van der Waals surface area contributed by atoms with Gasteiger partial charge >= 0.3 is 0 Å². The Morgan fingerprint density at radius 2 is 1.59 bits per heavy atom. The van der Waals surface area contributed by atoms with E-state index in [2.05, 4.69) is 5.32 Å². The summed E-state index contributed by atoms with van der Waals surface area (Å²) in [6.45, 7) is 3.76. The number of nitrogens with one attached hydrogen (secondary N) is 1. The lowest BCUT2D eigenvalue weighted by Gasteiger charge is -2.29. The third-order valence-electron chi connectivity index (χ3n) is 4.29. The third-order valence-corrected chi connectivity index (χ3v) is 4.29. The highest BCUT2D eigenvalue weighted by atomic mass is 16.5. The molecule has 0 bridgehead atoms. The van der Waals surface area contributed by atoms with Gasteiger partial charge in [-0.05, 0) is 31.2 Å². The van der Waals surface area contributed by atoms with Gasteiger partial charge in [-0.1, -0.05) is 24.3 Å². The lowest BCUT2D eigenvalue weighted by molar-refractivity contribution is -0.116. The average Bonchev–Trinajstić information content (AvgIpc) is 2.67. The molecule has 0 saturated heterocycles. The van der Waals surface area contributed by atoms with Crippen molar-refractivity contribution in [2.45, 2.75) is 13.8 Å². The summed E-state index contributed by atoms with van der Waals surface area (Å²) in [4.78, 5) is 39.7. The van der Waals surface area contributed by atoms with Crippen LogP contribution in [-0.4, -0.2) is 31.1 Å². The molecule has 1 N–H and O–H groups in total. The smallest absolute Gasteiger partial charge is 0.228 e. The van der Waals surface area contributed by atoms with Gasteiger partial charge in [-0.3, -0.25) is 19.3 Å². The zero-order valence-electron chi connectivity index (χ0n) is 15.4. The van der Waals surface area contributed by atoms with Crippen LogP contribution in [0.2, 0.25) is 0 Å². The molecule has 2 aromatic carbocycles. The lowest BCUT2D eigenvalue weighted by atomic mass is 9.89. The summed E-state index contributed by atoms with van der Waals surface area (Å²) in [5, 5.41) is 2.80. The number of carbonyl (C=O) groups is 3. The van der Waals surface area contributed by atoms with E-state index in [1.54, 1.807) is 55.6 Å². The van der Waals surface area contributed by atoms with Gasteiger partial charge in [0.25, 0.3) is 0 Å². The summed E-state index contributed by atoms with van der Waals surface area (Å²) in [6.07, 6.45) is 0. The largest absolute Gasteiger partial charge is 0.494 e. The lowest BCUT2D eigenvalue weighted by Crippen LogP contribution is -2.40. The summed E-state index contributed by atoms with van der Waals surface area (Å²) >= 11 is 0. The van der Waals surface area contributed by atoms with Gasteiger partial charge < -0.3 is 10.1 Å². The number of ketones is 2. The molecule has 0 spiro atoms. The first-order valence-electron chi connectivity index (χ1n) is 8.63. The van der Waals surface area contributed by atoms with Crippen molar-refractivity contribution in [2.24, 2.45) is 0 Å². The van der Waals surface area contributed by atoms with E-state index in [-0.39, 0.29) is 34.4 Å². The number of hydrogen-bond donors (Lipinski definition) is 1. The molecule has 2 aromatic rings. The normalized spacial score (nSPS) is 13.3.